The number of nitrogens with one attached hydrogen (secondary N) is 2. The number of hydrogen-bond donors (Lipinski definition) is 2. The normalized spacial score (nSPS) is 13.6. The maximum Gasteiger partial charge on any atom is 0.516 e. The van der Waals surface area contributed by atoms with Crippen LogP contribution in [-0.2, 0) is 26.5 Å². The molecule has 0 radical (unpaired) electrons. The van der Waals surface area contributed by atoms with Crippen LogP contribution in [0.25, 0.3) is 0 Å². The summed E-state index contributed by atoms with van der Waals surface area (Å²) in [7, 11) is -9.55. The van der Waals surface area contributed by atoms with Gasteiger partial charge in [-0.2, -0.15) is 21.6 Å². The fourth-order valence-corrected chi connectivity index (χ4v) is 5.10. The topological polar surface area (TPSA) is 95.6 Å². The maximum absolute atomic E-state index is 12.7. The first-order valence-electron chi connectivity index (χ1n) is 9.48. The van der Waals surface area contributed by atoms with Gasteiger partial charge in [0.25, 0.3) is 0 Å². The lowest BCUT2D eigenvalue weighted by Gasteiger charge is -2.30. The molecule has 0 bridgehead atoms. The van der Waals surface area contributed by atoms with Crippen molar-refractivity contribution in [1.29, 1.82) is 0 Å². The average molecular weight is 474 g/mol. The molecule has 0 aromatic heterocycles. The predicted molar refractivity (Wildman–Crippen MR) is 111 cm³/mol. The first-order valence-corrected chi connectivity index (χ1v) is 12.4. The van der Waals surface area contributed by atoms with Crippen molar-refractivity contribution in [3.63, 3.8) is 0 Å². The highest BCUT2D eigenvalue weighted by Crippen LogP contribution is 2.28. The van der Waals surface area contributed by atoms with E-state index < -0.39 is 31.6 Å². The highest BCUT2D eigenvalue weighted by molar-refractivity contribution is 7.93. The molecule has 1 aromatic carbocycles. The minimum Gasteiger partial charge on any atom is -0.298 e. The van der Waals surface area contributed by atoms with Gasteiger partial charge >= 0.3 is 15.5 Å². The van der Waals surface area contributed by atoms with Crippen molar-refractivity contribution < 1.29 is 30.0 Å². The summed E-state index contributed by atoms with van der Waals surface area (Å²) in [6.07, 6.45) is 0.201. The lowest BCUT2D eigenvalue weighted by atomic mass is 10.1. The standard InChI is InChI=1S/C18H30F3N3O4S2/c1-12(2)22-29(25,26)17-8-7-16(23-30(27,28)18(19,20)21)11-15(17)9-10-24(13(3)4)14(5)6/h7-8,11-14,22-23H,9-10H2,1-6H3. The second-order valence-corrected chi connectivity index (χ2v) is 11.2. The third-order valence-electron chi connectivity index (χ3n) is 4.26. The summed E-state index contributed by atoms with van der Waals surface area (Å²) in [4.78, 5) is 2.00. The van der Waals surface area contributed by atoms with E-state index in [9.17, 15) is 30.0 Å². The number of nitrogens with zero attached hydrogens (tertiary/aromatic N) is 1. The van der Waals surface area contributed by atoms with Crippen LogP contribution < -0.4 is 9.44 Å². The molecular weight excluding hydrogens is 443 g/mol. The van der Waals surface area contributed by atoms with E-state index in [1.807, 2.05) is 27.7 Å². The van der Waals surface area contributed by atoms with E-state index in [0.717, 1.165) is 18.2 Å². The summed E-state index contributed by atoms with van der Waals surface area (Å²) in [6, 6.07) is 3.18. The molecule has 7 nitrogen and oxygen atoms in total. The Bertz CT molecular complexity index is 920. The Balaban J connectivity index is 3.40. The SMILES string of the molecule is CC(C)NS(=O)(=O)c1ccc(NS(=O)(=O)C(F)(F)F)cc1CCN(C(C)C)C(C)C. The molecule has 0 aliphatic heterocycles. The van der Waals surface area contributed by atoms with Crippen LogP contribution in [0.1, 0.15) is 47.1 Å². The van der Waals surface area contributed by atoms with Gasteiger partial charge in [-0.3, -0.25) is 9.62 Å². The van der Waals surface area contributed by atoms with Gasteiger partial charge in [-0.15, -0.1) is 0 Å². The van der Waals surface area contributed by atoms with Crippen molar-refractivity contribution >= 4 is 25.7 Å². The van der Waals surface area contributed by atoms with Crippen molar-refractivity contribution in [3.05, 3.63) is 23.8 Å². The second kappa shape index (κ2) is 9.84. The highest BCUT2D eigenvalue weighted by Gasteiger charge is 2.46. The van der Waals surface area contributed by atoms with Gasteiger partial charge in [0.1, 0.15) is 0 Å². The highest BCUT2D eigenvalue weighted by atomic mass is 32.2. The largest absolute Gasteiger partial charge is 0.516 e. The summed E-state index contributed by atoms with van der Waals surface area (Å²) >= 11 is 0. The predicted octanol–water partition coefficient (Wildman–Crippen LogP) is 3.30. The van der Waals surface area contributed by atoms with Crippen LogP contribution >= 0.6 is 0 Å². The molecule has 0 atom stereocenters. The van der Waals surface area contributed by atoms with Crippen LogP contribution in [0.15, 0.2) is 23.1 Å². The van der Waals surface area contributed by atoms with Crippen LogP contribution in [0, 0.1) is 0 Å². The van der Waals surface area contributed by atoms with Crippen LogP contribution in [0.2, 0.25) is 0 Å². The first kappa shape index (κ1) is 26.7. The number of anilines is 1. The van der Waals surface area contributed by atoms with E-state index in [4.69, 9.17) is 0 Å². The molecule has 0 fully saturated rings. The molecule has 1 rings (SSSR count). The third kappa shape index (κ3) is 7.10. The Morgan fingerprint density at radius 2 is 1.50 bits per heavy atom. The lowest BCUT2D eigenvalue weighted by molar-refractivity contribution is -0.0429. The zero-order valence-corrected chi connectivity index (χ0v) is 19.5. The number of sulfonamides is 2. The summed E-state index contributed by atoms with van der Waals surface area (Å²) in [5, 5.41) is 0. The van der Waals surface area contributed by atoms with E-state index in [1.54, 1.807) is 13.8 Å². The monoisotopic (exact) mass is 473 g/mol. The maximum atomic E-state index is 12.7. The second-order valence-electron chi connectivity index (χ2n) is 7.83. The molecule has 1 aromatic rings. The van der Waals surface area contributed by atoms with Gasteiger partial charge in [0.05, 0.1) is 4.90 Å². The van der Waals surface area contributed by atoms with Gasteiger partial charge in [-0.25, -0.2) is 13.1 Å². The van der Waals surface area contributed by atoms with Crippen molar-refractivity contribution in [2.45, 2.75) is 76.5 Å². The molecule has 0 aliphatic rings. The van der Waals surface area contributed by atoms with Crippen LogP contribution in [0.5, 0.6) is 0 Å². The molecular formula is C18H30F3N3O4S2. The Kier molecular flexibility index (Phi) is 8.74. The quantitative estimate of drug-likeness (QED) is 0.544. The molecule has 0 saturated heterocycles. The Morgan fingerprint density at radius 1 is 0.967 bits per heavy atom. The Morgan fingerprint density at radius 3 is 1.93 bits per heavy atom. The van der Waals surface area contributed by atoms with Gasteiger partial charge < -0.3 is 0 Å². The zero-order chi connectivity index (χ0) is 23.5. The minimum atomic E-state index is -5.62. The molecule has 12 heteroatoms. The number of hydrogen-bond acceptors (Lipinski definition) is 5. The fourth-order valence-electron chi connectivity index (χ4n) is 3.05. The minimum absolute atomic E-state index is 0.0985. The molecule has 0 aliphatic carbocycles. The van der Waals surface area contributed by atoms with Gasteiger partial charge in [-0.05, 0) is 71.7 Å². The van der Waals surface area contributed by atoms with Gasteiger partial charge in [0.2, 0.25) is 10.0 Å². The number of halogens is 3. The Hall–Kier alpha value is -1.37. The number of benzene rings is 1. The summed E-state index contributed by atoms with van der Waals surface area (Å²) in [5.74, 6) is 0. The molecule has 0 spiro atoms. The fraction of sp³-hybridized carbons (Fsp3) is 0.667. The van der Waals surface area contributed by atoms with Crippen LogP contribution in [-0.4, -0.2) is 51.9 Å². The molecule has 30 heavy (non-hydrogen) atoms. The summed E-state index contributed by atoms with van der Waals surface area (Å²) < 4.78 is 90.2. The third-order valence-corrected chi connectivity index (χ3v) is 7.14. The number of alkyl halides is 3. The van der Waals surface area contributed by atoms with E-state index in [1.165, 1.54) is 4.72 Å². The number of rotatable bonds is 10. The van der Waals surface area contributed by atoms with Crippen LogP contribution in [0.4, 0.5) is 18.9 Å². The van der Waals surface area contributed by atoms with Gasteiger partial charge in [-0.1, -0.05) is 0 Å². The zero-order valence-electron chi connectivity index (χ0n) is 17.9. The van der Waals surface area contributed by atoms with E-state index in [2.05, 4.69) is 9.62 Å². The lowest BCUT2D eigenvalue weighted by Crippen LogP contribution is -2.38. The van der Waals surface area contributed by atoms with Crippen molar-refractivity contribution in [3.8, 4) is 0 Å². The molecule has 0 amide bonds. The van der Waals surface area contributed by atoms with E-state index in [0.29, 0.717) is 6.54 Å². The van der Waals surface area contributed by atoms with Gasteiger partial charge in [0.15, 0.2) is 0 Å². The van der Waals surface area contributed by atoms with E-state index >= 15 is 0 Å². The molecule has 0 heterocycles. The Labute approximate surface area is 177 Å². The molecule has 2 N–H and O–H groups in total. The first-order chi connectivity index (χ1) is 13.5. The average Bonchev–Trinajstić information content (AvgIpc) is 2.51. The van der Waals surface area contributed by atoms with E-state index in [-0.39, 0.29) is 34.7 Å². The molecule has 0 saturated carbocycles. The van der Waals surface area contributed by atoms with Crippen molar-refractivity contribution in [1.82, 2.24) is 9.62 Å². The smallest absolute Gasteiger partial charge is 0.298 e. The molecule has 174 valence electrons. The van der Waals surface area contributed by atoms with Gasteiger partial charge in [0, 0.05) is 30.4 Å². The van der Waals surface area contributed by atoms with Crippen molar-refractivity contribution in [2.75, 3.05) is 11.3 Å². The molecule has 0 unspecified atom stereocenters. The van der Waals surface area contributed by atoms with Crippen molar-refractivity contribution in [2.24, 2.45) is 0 Å². The summed E-state index contributed by atoms with van der Waals surface area (Å²) in [5.41, 5.74) is -5.62. The van der Waals surface area contributed by atoms with Crippen LogP contribution in [0.3, 0.4) is 0 Å². The summed E-state index contributed by atoms with van der Waals surface area (Å²) in [6.45, 7) is 11.6.